The molecule has 0 aliphatic carbocycles. The van der Waals surface area contributed by atoms with Crippen LogP contribution in [0.2, 0.25) is 5.02 Å². The highest BCUT2D eigenvalue weighted by molar-refractivity contribution is 6.31. The number of hydrogen-bond donors (Lipinski definition) is 1. The maximum Gasteiger partial charge on any atom is 0.254 e. The van der Waals surface area contributed by atoms with Crippen LogP contribution in [0.5, 0.6) is 0 Å². The minimum atomic E-state index is -0.00997. The molecule has 2 aromatic carbocycles. The second-order valence-electron chi connectivity index (χ2n) is 6.04. The van der Waals surface area contributed by atoms with Crippen molar-refractivity contribution in [1.29, 1.82) is 0 Å². The minimum absolute atomic E-state index is 0.00997. The molecule has 4 nitrogen and oxygen atoms in total. The molecule has 0 radical (unpaired) electrons. The summed E-state index contributed by atoms with van der Waals surface area (Å²) in [6.07, 6.45) is 3.44. The summed E-state index contributed by atoms with van der Waals surface area (Å²) in [4.78, 5) is 20.1. The Hall–Kier alpha value is -2.85. The summed E-state index contributed by atoms with van der Waals surface area (Å²) in [5, 5.41) is 1.65. The molecule has 0 spiro atoms. The van der Waals surface area contributed by atoms with Gasteiger partial charge in [-0.25, -0.2) is 4.98 Å². The quantitative estimate of drug-likeness (QED) is 0.577. The summed E-state index contributed by atoms with van der Waals surface area (Å²) in [6, 6.07) is 13.6. The van der Waals surface area contributed by atoms with Gasteiger partial charge in [0.05, 0.1) is 23.7 Å². The first-order valence-corrected chi connectivity index (χ1v) is 8.32. The number of H-pyrrole nitrogens is 1. The van der Waals surface area contributed by atoms with Crippen LogP contribution in [-0.4, -0.2) is 14.5 Å². The number of fused-ring (bicyclic) bond motifs is 1. The van der Waals surface area contributed by atoms with Gasteiger partial charge in [-0.15, -0.1) is 0 Å². The summed E-state index contributed by atoms with van der Waals surface area (Å²) < 4.78 is 1.69. The standard InChI is InChI=1S/C20H16ClN3O/c1-12-18(13-5-3-6-14(21)9-13)19-15(16-10-22-11-23-16)7-4-8-17(19)24(2)20(12)25/h3-11H,1-2H3,(H,22,23). The van der Waals surface area contributed by atoms with Gasteiger partial charge in [-0.2, -0.15) is 0 Å². The Bertz CT molecular complexity index is 1140. The SMILES string of the molecule is Cc1c(-c2cccc(Cl)c2)c2c(-c3cnc[nH]3)cccc2n(C)c1=O. The second-order valence-corrected chi connectivity index (χ2v) is 6.48. The Labute approximate surface area is 149 Å². The van der Waals surface area contributed by atoms with E-state index in [1.165, 1.54) is 0 Å². The Morgan fingerprint density at radius 2 is 1.96 bits per heavy atom. The van der Waals surface area contributed by atoms with Crippen LogP contribution in [0.4, 0.5) is 0 Å². The van der Waals surface area contributed by atoms with E-state index < -0.39 is 0 Å². The number of aromatic amines is 1. The van der Waals surface area contributed by atoms with E-state index >= 15 is 0 Å². The summed E-state index contributed by atoms with van der Waals surface area (Å²) in [5.41, 5.74) is 5.31. The van der Waals surface area contributed by atoms with Gasteiger partial charge in [0.15, 0.2) is 0 Å². The molecule has 0 aliphatic rings. The molecule has 0 aliphatic heterocycles. The van der Waals surface area contributed by atoms with Gasteiger partial charge >= 0.3 is 0 Å². The van der Waals surface area contributed by atoms with Crippen molar-refractivity contribution in [2.24, 2.45) is 7.05 Å². The van der Waals surface area contributed by atoms with Crippen LogP contribution in [0, 0.1) is 6.92 Å². The second kappa shape index (κ2) is 5.90. The van der Waals surface area contributed by atoms with Crippen molar-refractivity contribution in [3.05, 3.63) is 75.9 Å². The number of imidazole rings is 1. The maximum atomic E-state index is 12.8. The van der Waals surface area contributed by atoms with Crippen molar-refractivity contribution >= 4 is 22.5 Å². The molecule has 4 rings (SSSR count). The van der Waals surface area contributed by atoms with Crippen molar-refractivity contribution in [2.45, 2.75) is 6.92 Å². The Kier molecular flexibility index (Phi) is 3.70. The summed E-state index contributed by atoms with van der Waals surface area (Å²) in [5.74, 6) is 0. The molecule has 0 saturated carbocycles. The van der Waals surface area contributed by atoms with Gasteiger partial charge in [0.25, 0.3) is 5.56 Å². The van der Waals surface area contributed by atoms with E-state index in [0.29, 0.717) is 10.6 Å². The predicted molar refractivity (Wildman–Crippen MR) is 102 cm³/mol. The number of pyridine rings is 1. The lowest BCUT2D eigenvalue weighted by Gasteiger charge is -2.17. The highest BCUT2D eigenvalue weighted by Crippen LogP contribution is 2.37. The normalized spacial score (nSPS) is 11.2. The molecular formula is C20H16ClN3O. The first-order chi connectivity index (χ1) is 12.1. The molecule has 2 aromatic heterocycles. The number of rotatable bonds is 2. The zero-order valence-corrected chi connectivity index (χ0v) is 14.6. The zero-order valence-electron chi connectivity index (χ0n) is 13.9. The number of nitrogens with one attached hydrogen (secondary N) is 1. The Morgan fingerprint density at radius 1 is 1.16 bits per heavy atom. The molecule has 0 atom stereocenters. The van der Waals surface area contributed by atoms with Crippen molar-refractivity contribution < 1.29 is 0 Å². The number of benzene rings is 2. The third-order valence-corrected chi connectivity index (χ3v) is 4.79. The molecular weight excluding hydrogens is 334 g/mol. The smallest absolute Gasteiger partial charge is 0.254 e. The maximum absolute atomic E-state index is 12.8. The predicted octanol–water partition coefficient (Wildman–Crippen LogP) is 4.56. The van der Waals surface area contributed by atoms with Crippen molar-refractivity contribution in [1.82, 2.24) is 14.5 Å². The van der Waals surface area contributed by atoms with Crippen LogP contribution in [0.15, 0.2) is 59.8 Å². The van der Waals surface area contributed by atoms with Crippen LogP contribution < -0.4 is 5.56 Å². The monoisotopic (exact) mass is 349 g/mol. The molecule has 25 heavy (non-hydrogen) atoms. The molecule has 4 aromatic rings. The largest absolute Gasteiger partial charge is 0.345 e. The van der Waals surface area contributed by atoms with Crippen LogP contribution in [0.3, 0.4) is 0 Å². The fourth-order valence-electron chi connectivity index (χ4n) is 3.37. The first-order valence-electron chi connectivity index (χ1n) is 7.95. The van der Waals surface area contributed by atoms with Crippen LogP contribution in [0.25, 0.3) is 33.3 Å². The topological polar surface area (TPSA) is 50.7 Å². The van der Waals surface area contributed by atoms with Crippen LogP contribution in [-0.2, 0) is 7.05 Å². The van der Waals surface area contributed by atoms with Crippen molar-refractivity contribution in [3.8, 4) is 22.4 Å². The molecule has 1 N–H and O–H groups in total. The lowest BCUT2D eigenvalue weighted by atomic mass is 9.92. The molecule has 0 amide bonds. The van der Waals surface area contributed by atoms with Gasteiger partial charge < -0.3 is 9.55 Å². The molecule has 0 fully saturated rings. The van der Waals surface area contributed by atoms with E-state index in [2.05, 4.69) is 9.97 Å². The van der Waals surface area contributed by atoms with Crippen LogP contribution >= 0.6 is 11.6 Å². The lowest BCUT2D eigenvalue weighted by Crippen LogP contribution is -2.21. The third kappa shape index (κ3) is 2.46. The van der Waals surface area contributed by atoms with E-state index in [9.17, 15) is 4.79 Å². The molecule has 124 valence electrons. The first kappa shape index (κ1) is 15.7. The van der Waals surface area contributed by atoms with Crippen molar-refractivity contribution in [3.63, 3.8) is 0 Å². The molecule has 2 heterocycles. The van der Waals surface area contributed by atoms with Gasteiger partial charge in [-0.1, -0.05) is 35.9 Å². The minimum Gasteiger partial charge on any atom is -0.345 e. The number of aromatic nitrogens is 3. The number of halogens is 1. The van der Waals surface area contributed by atoms with E-state index in [-0.39, 0.29) is 5.56 Å². The zero-order chi connectivity index (χ0) is 17.6. The fraction of sp³-hybridized carbons (Fsp3) is 0.100. The van der Waals surface area contributed by atoms with Gasteiger partial charge in [0.1, 0.15) is 0 Å². The molecule has 0 saturated heterocycles. The van der Waals surface area contributed by atoms with Gasteiger partial charge in [0.2, 0.25) is 0 Å². The van der Waals surface area contributed by atoms with E-state index in [4.69, 9.17) is 11.6 Å². The fourth-order valence-corrected chi connectivity index (χ4v) is 3.56. The lowest BCUT2D eigenvalue weighted by molar-refractivity contribution is 0.894. The molecule has 0 bridgehead atoms. The highest BCUT2D eigenvalue weighted by atomic mass is 35.5. The van der Waals surface area contributed by atoms with Crippen LogP contribution in [0.1, 0.15) is 5.56 Å². The summed E-state index contributed by atoms with van der Waals surface area (Å²) >= 11 is 6.21. The average Bonchev–Trinajstić information content (AvgIpc) is 3.14. The highest BCUT2D eigenvalue weighted by Gasteiger charge is 2.18. The van der Waals surface area contributed by atoms with E-state index in [0.717, 1.165) is 33.3 Å². The number of hydrogen-bond acceptors (Lipinski definition) is 2. The third-order valence-electron chi connectivity index (χ3n) is 4.56. The average molecular weight is 350 g/mol. The van der Waals surface area contributed by atoms with Crippen molar-refractivity contribution in [2.75, 3.05) is 0 Å². The summed E-state index contributed by atoms with van der Waals surface area (Å²) in [7, 11) is 1.80. The van der Waals surface area contributed by atoms with Gasteiger partial charge in [-0.05, 0) is 30.7 Å². The Morgan fingerprint density at radius 3 is 2.68 bits per heavy atom. The van der Waals surface area contributed by atoms with E-state index in [1.807, 2.05) is 49.4 Å². The van der Waals surface area contributed by atoms with Gasteiger partial charge in [0, 0.05) is 34.1 Å². The number of nitrogens with zero attached hydrogens (tertiary/aromatic N) is 2. The number of aryl methyl sites for hydroxylation is 1. The van der Waals surface area contributed by atoms with E-state index in [1.54, 1.807) is 24.1 Å². The molecule has 0 unspecified atom stereocenters. The molecule has 5 heteroatoms. The Balaban J connectivity index is 2.23. The van der Waals surface area contributed by atoms with Gasteiger partial charge in [-0.3, -0.25) is 4.79 Å². The summed E-state index contributed by atoms with van der Waals surface area (Å²) in [6.45, 7) is 1.86.